The van der Waals surface area contributed by atoms with Gasteiger partial charge in [-0.3, -0.25) is 9.59 Å². The van der Waals surface area contributed by atoms with Crippen LogP contribution in [0.2, 0.25) is 0 Å². The zero-order valence-corrected chi connectivity index (χ0v) is 15.4. The molecule has 0 saturated carbocycles. The van der Waals surface area contributed by atoms with Gasteiger partial charge in [0.05, 0.1) is 27.5 Å². The van der Waals surface area contributed by atoms with Crippen molar-refractivity contribution >= 4 is 39.5 Å². The summed E-state index contributed by atoms with van der Waals surface area (Å²) in [6, 6.07) is 14.5. The highest BCUT2D eigenvalue weighted by molar-refractivity contribution is 7.18. The van der Waals surface area contributed by atoms with E-state index in [9.17, 15) is 9.59 Å². The molecule has 138 valence electrons. The second-order valence-electron chi connectivity index (χ2n) is 6.26. The minimum absolute atomic E-state index is 0.190. The summed E-state index contributed by atoms with van der Waals surface area (Å²) in [5.41, 5.74) is 1.85. The van der Waals surface area contributed by atoms with Crippen LogP contribution in [0, 0.1) is 0 Å². The molecule has 27 heavy (non-hydrogen) atoms. The van der Waals surface area contributed by atoms with Gasteiger partial charge in [-0.1, -0.05) is 12.1 Å². The average molecular weight is 381 g/mol. The van der Waals surface area contributed by atoms with Crippen LogP contribution < -0.4 is 15.5 Å². The number of anilines is 3. The van der Waals surface area contributed by atoms with Crippen LogP contribution in [0.4, 0.5) is 16.4 Å². The number of hydrogen-bond donors (Lipinski definition) is 2. The number of nitrogens with one attached hydrogen (secondary N) is 2. The van der Waals surface area contributed by atoms with Crippen molar-refractivity contribution in [2.45, 2.75) is 12.8 Å². The Morgan fingerprint density at radius 1 is 0.926 bits per heavy atom. The number of amides is 2. The fourth-order valence-corrected chi connectivity index (χ4v) is 3.90. The fraction of sp³-hybridized carbons (Fsp3) is 0.200. The van der Waals surface area contributed by atoms with Crippen molar-refractivity contribution in [3.63, 3.8) is 0 Å². The van der Waals surface area contributed by atoms with Gasteiger partial charge in [0.25, 0.3) is 11.8 Å². The molecule has 2 aromatic heterocycles. The zero-order chi connectivity index (χ0) is 18.6. The predicted molar refractivity (Wildman–Crippen MR) is 107 cm³/mol. The third-order valence-corrected chi connectivity index (χ3v) is 5.41. The average Bonchev–Trinajstić information content (AvgIpc) is 3.43. The lowest BCUT2D eigenvalue weighted by Gasteiger charge is -2.21. The Labute approximate surface area is 160 Å². The van der Waals surface area contributed by atoms with Crippen molar-refractivity contribution in [1.82, 2.24) is 0 Å². The summed E-state index contributed by atoms with van der Waals surface area (Å²) in [6.07, 6.45) is 3.79. The highest BCUT2D eigenvalue weighted by atomic mass is 32.1. The van der Waals surface area contributed by atoms with Crippen LogP contribution in [0.3, 0.4) is 0 Å². The molecule has 1 aliphatic heterocycles. The Morgan fingerprint density at radius 2 is 1.74 bits per heavy atom. The molecule has 1 saturated heterocycles. The number of nitrogens with zero attached hydrogens (tertiary/aromatic N) is 1. The Bertz CT molecular complexity index is 943. The van der Waals surface area contributed by atoms with Crippen molar-refractivity contribution in [2.75, 3.05) is 28.6 Å². The first-order valence-corrected chi connectivity index (χ1v) is 9.62. The van der Waals surface area contributed by atoms with Gasteiger partial charge in [0.2, 0.25) is 0 Å². The summed E-state index contributed by atoms with van der Waals surface area (Å²) in [4.78, 5) is 27.5. The zero-order valence-electron chi connectivity index (χ0n) is 14.6. The predicted octanol–water partition coefficient (Wildman–Crippen LogP) is 4.45. The summed E-state index contributed by atoms with van der Waals surface area (Å²) in [6.45, 7) is 2.02. The largest absolute Gasteiger partial charge is 0.459 e. The van der Waals surface area contributed by atoms with Crippen LogP contribution in [-0.2, 0) is 0 Å². The van der Waals surface area contributed by atoms with Crippen molar-refractivity contribution in [3.05, 3.63) is 65.4 Å². The van der Waals surface area contributed by atoms with E-state index in [4.69, 9.17) is 4.42 Å². The van der Waals surface area contributed by atoms with Crippen LogP contribution in [0.15, 0.2) is 59.2 Å². The summed E-state index contributed by atoms with van der Waals surface area (Å²) in [5, 5.41) is 6.33. The van der Waals surface area contributed by atoms with Crippen LogP contribution in [0.25, 0.3) is 0 Å². The highest BCUT2D eigenvalue weighted by Crippen LogP contribution is 2.30. The van der Waals surface area contributed by atoms with Gasteiger partial charge < -0.3 is 20.0 Å². The van der Waals surface area contributed by atoms with E-state index in [2.05, 4.69) is 15.5 Å². The number of carbonyl (C=O) groups is 2. The number of benzene rings is 1. The molecule has 1 aliphatic rings. The molecule has 1 fully saturated rings. The highest BCUT2D eigenvalue weighted by Gasteiger charge is 2.18. The summed E-state index contributed by atoms with van der Waals surface area (Å²) >= 11 is 1.22. The van der Waals surface area contributed by atoms with E-state index < -0.39 is 0 Å². The van der Waals surface area contributed by atoms with E-state index in [0.717, 1.165) is 24.5 Å². The fourth-order valence-electron chi connectivity index (χ4n) is 3.11. The molecule has 4 rings (SSSR count). The van der Waals surface area contributed by atoms with Crippen LogP contribution in [-0.4, -0.2) is 24.9 Å². The summed E-state index contributed by atoms with van der Waals surface area (Å²) < 4.78 is 5.07. The monoisotopic (exact) mass is 381 g/mol. The SMILES string of the molecule is O=C(Nc1ccc(C(=O)Nc2ccccc2N2CCCC2)s1)c1ccco1. The van der Waals surface area contributed by atoms with E-state index in [1.165, 1.54) is 30.4 Å². The minimum atomic E-state index is -0.340. The van der Waals surface area contributed by atoms with Crippen molar-refractivity contribution < 1.29 is 14.0 Å². The van der Waals surface area contributed by atoms with E-state index in [0.29, 0.717) is 9.88 Å². The van der Waals surface area contributed by atoms with Gasteiger partial charge in [-0.05, 0) is 49.2 Å². The van der Waals surface area contributed by atoms with Crippen molar-refractivity contribution in [1.29, 1.82) is 0 Å². The molecule has 3 aromatic rings. The number of thiophene rings is 1. The lowest BCUT2D eigenvalue weighted by atomic mass is 10.2. The second kappa shape index (κ2) is 7.67. The molecule has 0 bridgehead atoms. The normalized spacial score (nSPS) is 13.6. The van der Waals surface area contributed by atoms with Gasteiger partial charge in [-0.15, -0.1) is 11.3 Å². The maximum Gasteiger partial charge on any atom is 0.291 e. The molecule has 3 heterocycles. The van der Waals surface area contributed by atoms with Gasteiger partial charge >= 0.3 is 0 Å². The Balaban J connectivity index is 1.45. The Morgan fingerprint density at radius 3 is 2.52 bits per heavy atom. The maximum absolute atomic E-state index is 12.7. The molecule has 0 unspecified atom stereocenters. The van der Waals surface area contributed by atoms with Gasteiger partial charge in [0.15, 0.2) is 5.76 Å². The van der Waals surface area contributed by atoms with Gasteiger partial charge in [-0.2, -0.15) is 0 Å². The first-order valence-electron chi connectivity index (χ1n) is 8.81. The molecule has 7 heteroatoms. The minimum Gasteiger partial charge on any atom is -0.459 e. The molecule has 2 N–H and O–H groups in total. The van der Waals surface area contributed by atoms with E-state index >= 15 is 0 Å². The van der Waals surface area contributed by atoms with Crippen molar-refractivity contribution in [3.8, 4) is 0 Å². The number of rotatable bonds is 5. The molecular formula is C20H19N3O3S. The molecule has 0 radical (unpaired) electrons. The maximum atomic E-state index is 12.7. The van der Waals surface area contributed by atoms with Crippen molar-refractivity contribution in [2.24, 2.45) is 0 Å². The number of para-hydroxylation sites is 2. The van der Waals surface area contributed by atoms with E-state index in [1.807, 2.05) is 24.3 Å². The van der Waals surface area contributed by atoms with E-state index in [1.54, 1.807) is 24.3 Å². The molecule has 2 amide bonds. The van der Waals surface area contributed by atoms with Gasteiger partial charge in [0, 0.05) is 13.1 Å². The molecule has 6 nitrogen and oxygen atoms in total. The molecule has 1 aromatic carbocycles. The van der Waals surface area contributed by atoms with E-state index in [-0.39, 0.29) is 17.6 Å². The third-order valence-electron chi connectivity index (χ3n) is 4.41. The topological polar surface area (TPSA) is 74.6 Å². The Hall–Kier alpha value is -3.06. The number of furan rings is 1. The summed E-state index contributed by atoms with van der Waals surface area (Å²) in [7, 11) is 0. The Kier molecular flexibility index (Phi) is 4.93. The number of carbonyl (C=O) groups excluding carboxylic acids is 2. The standard InChI is InChI=1S/C20H19N3O3S/c24-19(16-8-5-13-26-16)22-18-10-9-17(27-18)20(25)21-14-6-1-2-7-15(14)23-11-3-4-12-23/h1-2,5-10,13H,3-4,11-12H2,(H,21,25)(H,22,24). The summed E-state index contributed by atoms with van der Waals surface area (Å²) in [5.74, 6) is -0.299. The molecule has 0 aliphatic carbocycles. The molecule has 0 spiro atoms. The van der Waals surface area contributed by atoms with Crippen LogP contribution >= 0.6 is 11.3 Å². The molecular weight excluding hydrogens is 362 g/mol. The van der Waals surface area contributed by atoms with Crippen LogP contribution in [0.5, 0.6) is 0 Å². The lowest BCUT2D eigenvalue weighted by Crippen LogP contribution is -2.20. The number of hydrogen-bond acceptors (Lipinski definition) is 5. The van der Waals surface area contributed by atoms with Crippen LogP contribution in [0.1, 0.15) is 33.1 Å². The second-order valence-corrected chi connectivity index (χ2v) is 7.34. The lowest BCUT2D eigenvalue weighted by molar-refractivity contribution is 0.0995. The smallest absolute Gasteiger partial charge is 0.291 e. The quantitative estimate of drug-likeness (QED) is 0.685. The first-order chi connectivity index (χ1) is 13.2. The third kappa shape index (κ3) is 3.88. The van der Waals surface area contributed by atoms with Gasteiger partial charge in [-0.25, -0.2) is 0 Å². The molecule has 0 atom stereocenters. The van der Waals surface area contributed by atoms with Gasteiger partial charge in [0.1, 0.15) is 0 Å². The first kappa shape index (κ1) is 17.4.